The standard InChI is InChI=1S/C15H12N2S/c1-11-4-6-12(7-5-11)15-13(3-2-8-17-15)14-9-16-10-18-14/h2-10H,1H3. The summed E-state index contributed by atoms with van der Waals surface area (Å²) in [5.41, 5.74) is 6.41. The fraction of sp³-hybridized carbons (Fsp3) is 0.0667. The summed E-state index contributed by atoms with van der Waals surface area (Å²) in [5.74, 6) is 0. The van der Waals surface area contributed by atoms with Crippen LogP contribution >= 0.6 is 11.3 Å². The average molecular weight is 252 g/mol. The van der Waals surface area contributed by atoms with Crippen LogP contribution < -0.4 is 0 Å². The Morgan fingerprint density at radius 3 is 2.61 bits per heavy atom. The zero-order valence-corrected chi connectivity index (χ0v) is 10.8. The van der Waals surface area contributed by atoms with Crippen molar-refractivity contribution < 1.29 is 0 Å². The Hall–Kier alpha value is -2.00. The Balaban J connectivity index is 2.15. The molecule has 0 aliphatic carbocycles. The van der Waals surface area contributed by atoms with Gasteiger partial charge in [-0.25, -0.2) is 0 Å². The van der Waals surface area contributed by atoms with Crippen LogP contribution in [-0.4, -0.2) is 9.97 Å². The lowest BCUT2D eigenvalue weighted by Crippen LogP contribution is -1.87. The number of benzene rings is 1. The summed E-state index contributed by atoms with van der Waals surface area (Å²) in [6.45, 7) is 2.09. The van der Waals surface area contributed by atoms with E-state index in [1.165, 1.54) is 5.56 Å². The Kier molecular flexibility index (Phi) is 2.90. The van der Waals surface area contributed by atoms with Gasteiger partial charge in [0.2, 0.25) is 0 Å². The van der Waals surface area contributed by atoms with Crippen molar-refractivity contribution in [3.8, 4) is 21.7 Å². The van der Waals surface area contributed by atoms with Crippen molar-refractivity contribution in [2.24, 2.45) is 0 Å². The zero-order chi connectivity index (χ0) is 12.4. The maximum atomic E-state index is 4.51. The lowest BCUT2D eigenvalue weighted by Gasteiger charge is -2.06. The van der Waals surface area contributed by atoms with E-state index in [1.54, 1.807) is 11.3 Å². The quantitative estimate of drug-likeness (QED) is 0.683. The van der Waals surface area contributed by atoms with Gasteiger partial charge in [0, 0.05) is 23.5 Å². The minimum absolute atomic E-state index is 1.02. The first-order valence-electron chi connectivity index (χ1n) is 5.75. The van der Waals surface area contributed by atoms with Crippen molar-refractivity contribution in [2.45, 2.75) is 6.92 Å². The predicted octanol–water partition coefficient (Wildman–Crippen LogP) is 4.18. The number of hydrogen-bond donors (Lipinski definition) is 0. The first-order chi connectivity index (χ1) is 8.84. The van der Waals surface area contributed by atoms with Gasteiger partial charge in [-0.15, -0.1) is 11.3 Å². The third-order valence-electron chi connectivity index (χ3n) is 2.83. The van der Waals surface area contributed by atoms with Crippen molar-refractivity contribution in [1.82, 2.24) is 9.97 Å². The molecule has 0 bridgehead atoms. The summed E-state index contributed by atoms with van der Waals surface area (Å²) in [6, 6.07) is 12.5. The molecule has 0 aliphatic heterocycles. The van der Waals surface area contributed by atoms with Gasteiger partial charge in [0.15, 0.2) is 0 Å². The van der Waals surface area contributed by atoms with E-state index in [4.69, 9.17) is 0 Å². The van der Waals surface area contributed by atoms with Gasteiger partial charge in [-0.3, -0.25) is 9.97 Å². The third kappa shape index (κ3) is 2.05. The van der Waals surface area contributed by atoms with Crippen LogP contribution in [0.15, 0.2) is 54.3 Å². The van der Waals surface area contributed by atoms with Crippen LogP contribution in [0.1, 0.15) is 5.56 Å². The molecule has 2 aromatic heterocycles. The molecule has 0 saturated heterocycles. The number of pyridine rings is 1. The van der Waals surface area contributed by atoms with Gasteiger partial charge in [0.05, 0.1) is 16.1 Å². The second-order valence-corrected chi connectivity index (χ2v) is 5.02. The third-order valence-corrected chi connectivity index (χ3v) is 3.64. The predicted molar refractivity (Wildman–Crippen MR) is 75.5 cm³/mol. The molecule has 2 heterocycles. The van der Waals surface area contributed by atoms with Crippen LogP contribution in [0.2, 0.25) is 0 Å². The lowest BCUT2D eigenvalue weighted by atomic mass is 10.0. The minimum Gasteiger partial charge on any atom is -0.256 e. The van der Waals surface area contributed by atoms with E-state index >= 15 is 0 Å². The lowest BCUT2D eigenvalue weighted by molar-refractivity contribution is 1.32. The Morgan fingerprint density at radius 2 is 1.89 bits per heavy atom. The van der Waals surface area contributed by atoms with E-state index in [0.717, 1.165) is 21.7 Å². The van der Waals surface area contributed by atoms with E-state index in [-0.39, 0.29) is 0 Å². The van der Waals surface area contributed by atoms with E-state index in [2.05, 4.69) is 47.2 Å². The molecule has 0 saturated carbocycles. The van der Waals surface area contributed by atoms with E-state index in [1.807, 2.05) is 24.0 Å². The van der Waals surface area contributed by atoms with Crippen LogP contribution in [-0.2, 0) is 0 Å². The summed E-state index contributed by atoms with van der Waals surface area (Å²) in [4.78, 5) is 9.80. The Morgan fingerprint density at radius 1 is 1.06 bits per heavy atom. The van der Waals surface area contributed by atoms with Gasteiger partial charge >= 0.3 is 0 Å². The summed E-state index contributed by atoms with van der Waals surface area (Å²) < 4.78 is 0. The molecule has 0 amide bonds. The summed E-state index contributed by atoms with van der Waals surface area (Å²) in [5, 5.41) is 0. The van der Waals surface area contributed by atoms with Crippen molar-refractivity contribution in [2.75, 3.05) is 0 Å². The number of aromatic nitrogens is 2. The molecule has 0 N–H and O–H groups in total. The van der Waals surface area contributed by atoms with Gasteiger partial charge in [-0.1, -0.05) is 29.8 Å². The fourth-order valence-electron chi connectivity index (χ4n) is 1.89. The molecule has 0 fully saturated rings. The van der Waals surface area contributed by atoms with Crippen LogP contribution in [0.3, 0.4) is 0 Å². The number of hydrogen-bond acceptors (Lipinski definition) is 3. The van der Waals surface area contributed by atoms with Crippen molar-refractivity contribution >= 4 is 11.3 Å². The highest BCUT2D eigenvalue weighted by Crippen LogP contribution is 2.32. The molecule has 0 atom stereocenters. The summed E-state index contributed by atoms with van der Waals surface area (Å²) >= 11 is 1.64. The zero-order valence-electron chi connectivity index (χ0n) is 10.00. The first-order valence-corrected chi connectivity index (χ1v) is 6.63. The normalized spacial score (nSPS) is 10.5. The minimum atomic E-state index is 1.02. The van der Waals surface area contributed by atoms with Crippen molar-refractivity contribution in [3.63, 3.8) is 0 Å². The monoisotopic (exact) mass is 252 g/mol. The molecule has 3 rings (SSSR count). The molecule has 3 heteroatoms. The van der Waals surface area contributed by atoms with Gasteiger partial charge in [-0.05, 0) is 19.1 Å². The molecule has 18 heavy (non-hydrogen) atoms. The molecule has 0 spiro atoms. The average Bonchev–Trinajstić information content (AvgIpc) is 2.93. The highest BCUT2D eigenvalue weighted by molar-refractivity contribution is 7.13. The van der Waals surface area contributed by atoms with Crippen LogP contribution in [0.25, 0.3) is 21.7 Å². The number of aryl methyl sites for hydroxylation is 1. The molecular formula is C15H12N2S. The van der Waals surface area contributed by atoms with Crippen molar-refractivity contribution in [3.05, 3.63) is 59.9 Å². The number of nitrogens with zero attached hydrogens (tertiary/aromatic N) is 2. The van der Waals surface area contributed by atoms with E-state index < -0.39 is 0 Å². The molecule has 1 aromatic carbocycles. The van der Waals surface area contributed by atoms with Crippen LogP contribution in [0.5, 0.6) is 0 Å². The van der Waals surface area contributed by atoms with Gasteiger partial charge in [0.25, 0.3) is 0 Å². The summed E-state index contributed by atoms with van der Waals surface area (Å²) in [7, 11) is 0. The van der Waals surface area contributed by atoms with Gasteiger partial charge in [0.1, 0.15) is 0 Å². The second-order valence-electron chi connectivity index (χ2n) is 4.13. The second kappa shape index (κ2) is 4.70. The number of thiazole rings is 1. The van der Waals surface area contributed by atoms with E-state index in [9.17, 15) is 0 Å². The molecule has 0 aliphatic rings. The molecular weight excluding hydrogens is 240 g/mol. The molecule has 0 radical (unpaired) electrons. The topological polar surface area (TPSA) is 25.8 Å². The Bertz CT molecular complexity index is 643. The van der Waals surface area contributed by atoms with Crippen molar-refractivity contribution in [1.29, 1.82) is 0 Å². The van der Waals surface area contributed by atoms with Crippen LogP contribution in [0.4, 0.5) is 0 Å². The smallest absolute Gasteiger partial charge is 0.0797 e. The first kappa shape index (κ1) is 11.1. The highest BCUT2D eigenvalue weighted by Gasteiger charge is 2.09. The SMILES string of the molecule is Cc1ccc(-c2ncccc2-c2cncs2)cc1. The molecule has 2 nitrogen and oxygen atoms in total. The fourth-order valence-corrected chi connectivity index (χ4v) is 2.54. The maximum Gasteiger partial charge on any atom is 0.0797 e. The van der Waals surface area contributed by atoms with Crippen LogP contribution in [0, 0.1) is 6.92 Å². The van der Waals surface area contributed by atoms with Gasteiger partial charge in [-0.2, -0.15) is 0 Å². The largest absolute Gasteiger partial charge is 0.256 e. The molecule has 0 unspecified atom stereocenters. The highest BCUT2D eigenvalue weighted by atomic mass is 32.1. The molecule has 3 aromatic rings. The molecule has 88 valence electrons. The van der Waals surface area contributed by atoms with E-state index in [0.29, 0.717) is 0 Å². The number of rotatable bonds is 2. The maximum absolute atomic E-state index is 4.51. The Labute approximate surface area is 110 Å². The van der Waals surface area contributed by atoms with Gasteiger partial charge < -0.3 is 0 Å². The summed E-state index contributed by atoms with van der Waals surface area (Å²) in [6.07, 6.45) is 3.72.